The number of aromatic nitrogens is 3. The number of rotatable bonds is 3. The number of aromatic amines is 1. The molecule has 0 radical (unpaired) electrons. The predicted octanol–water partition coefficient (Wildman–Crippen LogP) is 2.71. The molecule has 0 spiro atoms. The van der Waals surface area contributed by atoms with Crippen LogP contribution in [0.5, 0.6) is 0 Å². The van der Waals surface area contributed by atoms with Crippen molar-refractivity contribution in [2.24, 2.45) is 17.8 Å². The minimum Gasteiger partial charge on any atom is -0.342 e. The Labute approximate surface area is 136 Å². The molecule has 5 nitrogen and oxygen atoms in total. The van der Waals surface area contributed by atoms with E-state index >= 15 is 0 Å². The molecule has 1 aromatic heterocycles. The SMILES string of the molecule is CCn1c([C@@H]2CCCN(C(=O)C3[C@@H]4CCC[C@@H]34)C2)n[nH]c1=S. The van der Waals surface area contributed by atoms with Crippen molar-refractivity contribution < 1.29 is 4.79 Å². The highest BCUT2D eigenvalue weighted by Crippen LogP contribution is 2.58. The Morgan fingerprint density at radius 3 is 2.82 bits per heavy atom. The van der Waals surface area contributed by atoms with E-state index in [-0.39, 0.29) is 0 Å². The van der Waals surface area contributed by atoms with Gasteiger partial charge in [-0.05, 0) is 56.7 Å². The van der Waals surface area contributed by atoms with Crippen molar-refractivity contribution in [1.29, 1.82) is 0 Å². The molecule has 3 aliphatic rings. The topological polar surface area (TPSA) is 53.9 Å². The van der Waals surface area contributed by atoms with E-state index < -0.39 is 0 Å². The van der Waals surface area contributed by atoms with Crippen LogP contribution < -0.4 is 0 Å². The minimum absolute atomic E-state index is 0.323. The molecule has 3 fully saturated rings. The van der Waals surface area contributed by atoms with Gasteiger partial charge in [-0.3, -0.25) is 9.89 Å². The van der Waals surface area contributed by atoms with Crippen molar-refractivity contribution in [3.63, 3.8) is 0 Å². The number of hydrogen-bond donors (Lipinski definition) is 1. The van der Waals surface area contributed by atoms with Crippen LogP contribution in [0.4, 0.5) is 0 Å². The minimum atomic E-state index is 0.323. The lowest BCUT2D eigenvalue weighted by Crippen LogP contribution is -2.41. The molecule has 2 saturated carbocycles. The van der Waals surface area contributed by atoms with Crippen LogP contribution in [0.3, 0.4) is 0 Å². The van der Waals surface area contributed by atoms with Gasteiger partial charge >= 0.3 is 0 Å². The van der Waals surface area contributed by atoms with Crippen LogP contribution in [0, 0.1) is 22.5 Å². The van der Waals surface area contributed by atoms with Crippen molar-refractivity contribution in [1.82, 2.24) is 19.7 Å². The van der Waals surface area contributed by atoms with Crippen molar-refractivity contribution in [3.8, 4) is 0 Å². The number of carbonyl (C=O) groups is 1. The lowest BCUT2D eigenvalue weighted by Gasteiger charge is -2.33. The number of hydrogen-bond acceptors (Lipinski definition) is 3. The Morgan fingerprint density at radius 1 is 1.32 bits per heavy atom. The summed E-state index contributed by atoms with van der Waals surface area (Å²) in [6, 6.07) is 0. The monoisotopic (exact) mass is 320 g/mol. The summed E-state index contributed by atoms with van der Waals surface area (Å²) in [5.41, 5.74) is 0. The first-order valence-corrected chi connectivity index (χ1v) is 9.05. The maximum absolute atomic E-state index is 12.8. The number of likely N-dealkylation sites (tertiary alicyclic amines) is 1. The van der Waals surface area contributed by atoms with E-state index in [1.165, 1.54) is 19.3 Å². The van der Waals surface area contributed by atoms with Crippen LogP contribution in [0.15, 0.2) is 0 Å². The van der Waals surface area contributed by atoms with E-state index in [1.807, 2.05) is 0 Å². The van der Waals surface area contributed by atoms with Crippen LogP contribution in [-0.2, 0) is 11.3 Å². The van der Waals surface area contributed by atoms with E-state index in [2.05, 4.69) is 26.6 Å². The molecule has 0 unspecified atom stereocenters. The molecule has 1 aliphatic heterocycles. The Morgan fingerprint density at radius 2 is 2.09 bits per heavy atom. The number of carbonyl (C=O) groups excluding carboxylic acids is 1. The zero-order valence-corrected chi connectivity index (χ0v) is 13.9. The van der Waals surface area contributed by atoms with Crippen molar-refractivity contribution >= 4 is 18.1 Å². The standard InChI is InChI=1S/C16H24N4OS/c1-2-20-14(17-18-16(20)22)10-5-4-8-19(9-10)15(21)13-11-6-3-7-12(11)13/h10-13H,2-9H2,1H3,(H,18,22)/t10-,11-,12-/m1/s1. The summed E-state index contributed by atoms with van der Waals surface area (Å²) in [6.45, 7) is 4.66. The third-order valence-electron chi connectivity index (χ3n) is 5.89. The Kier molecular flexibility index (Phi) is 3.59. The molecule has 3 atom stereocenters. The molecule has 22 heavy (non-hydrogen) atoms. The number of piperidine rings is 1. The summed E-state index contributed by atoms with van der Waals surface area (Å²) in [4.78, 5) is 14.9. The van der Waals surface area contributed by atoms with Gasteiger partial charge in [0.2, 0.25) is 5.91 Å². The van der Waals surface area contributed by atoms with E-state index in [4.69, 9.17) is 12.2 Å². The average molecular weight is 320 g/mol. The highest BCUT2D eigenvalue weighted by molar-refractivity contribution is 7.71. The average Bonchev–Trinajstić information content (AvgIpc) is 2.88. The number of fused-ring (bicyclic) bond motifs is 1. The van der Waals surface area contributed by atoms with Crippen molar-refractivity contribution in [3.05, 3.63) is 10.6 Å². The second-order valence-electron chi connectivity index (χ2n) is 7.04. The highest BCUT2D eigenvalue weighted by atomic mass is 32.1. The highest BCUT2D eigenvalue weighted by Gasteiger charge is 2.57. The number of nitrogens with one attached hydrogen (secondary N) is 1. The molecular weight excluding hydrogens is 296 g/mol. The molecule has 2 aliphatic carbocycles. The normalized spacial score (nSPS) is 33.8. The Balaban J connectivity index is 1.48. The maximum Gasteiger partial charge on any atom is 0.226 e. The molecule has 4 rings (SSSR count). The lowest BCUT2D eigenvalue weighted by atomic mass is 9.96. The lowest BCUT2D eigenvalue weighted by molar-refractivity contribution is -0.134. The molecule has 0 bridgehead atoms. The predicted molar refractivity (Wildman–Crippen MR) is 86.0 cm³/mol. The maximum atomic E-state index is 12.8. The summed E-state index contributed by atoms with van der Waals surface area (Å²) in [7, 11) is 0. The summed E-state index contributed by atoms with van der Waals surface area (Å²) >= 11 is 5.29. The fourth-order valence-electron chi connectivity index (χ4n) is 4.73. The fourth-order valence-corrected chi connectivity index (χ4v) is 5.00. The number of nitrogens with zero attached hydrogens (tertiary/aromatic N) is 3. The molecule has 1 aromatic rings. The Bertz CT molecular complexity index is 626. The van der Waals surface area contributed by atoms with Gasteiger partial charge in [-0.15, -0.1) is 0 Å². The fraction of sp³-hybridized carbons (Fsp3) is 0.812. The largest absolute Gasteiger partial charge is 0.342 e. The van der Waals surface area contributed by atoms with Gasteiger partial charge in [-0.1, -0.05) is 6.42 Å². The Hall–Kier alpha value is -1.17. The molecule has 1 N–H and O–H groups in total. The molecular formula is C16H24N4OS. The van der Waals surface area contributed by atoms with E-state index in [1.54, 1.807) is 0 Å². The number of H-pyrrole nitrogens is 1. The van der Waals surface area contributed by atoms with Crippen LogP contribution >= 0.6 is 12.2 Å². The molecule has 2 heterocycles. The van der Waals surface area contributed by atoms with E-state index in [0.717, 1.165) is 38.3 Å². The van der Waals surface area contributed by atoms with E-state index in [0.29, 0.717) is 34.3 Å². The van der Waals surface area contributed by atoms with Crippen LogP contribution in [0.1, 0.15) is 50.8 Å². The third-order valence-corrected chi connectivity index (χ3v) is 6.21. The van der Waals surface area contributed by atoms with Gasteiger partial charge in [0.15, 0.2) is 4.77 Å². The summed E-state index contributed by atoms with van der Waals surface area (Å²) in [6.07, 6.45) is 6.04. The van der Waals surface area contributed by atoms with Crippen LogP contribution in [0.2, 0.25) is 0 Å². The van der Waals surface area contributed by atoms with Crippen molar-refractivity contribution in [2.45, 2.75) is 51.5 Å². The molecule has 1 saturated heterocycles. The first kappa shape index (κ1) is 14.4. The zero-order valence-electron chi connectivity index (χ0n) is 13.1. The van der Waals surface area contributed by atoms with Gasteiger partial charge in [0.05, 0.1) is 0 Å². The van der Waals surface area contributed by atoms with Gasteiger partial charge in [0.25, 0.3) is 0 Å². The molecule has 6 heteroatoms. The molecule has 1 amide bonds. The zero-order chi connectivity index (χ0) is 15.3. The smallest absolute Gasteiger partial charge is 0.226 e. The first-order chi connectivity index (χ1) is 10.7. The van der Waals surface area contributed by atoms with E-state index in [9.17, 15) is 4.79 Å². The van der Waals surface area contributed by atoms with Gasteiger partial charge in [-0.2, -0.15) is 5.10 Å². The van der Waals surface area contributed by atoms with Crippen LogP contribution in [0.25, 0.3) is 0 Å². The van der Waals surface area contributed by atoms with Gasteiger partial charge in [0.1, 0.15) is 5.82 Å². The van der Waals surface area contributed by atoms with Gasteiger partial charge in [0, 0.05) is 31.5 Å². The second kappa shape index (κ2) is 5.48. The summed E-state index contributed by atoms with van der Waals surface area (Å²) in [5.74, 6) is 3.53. The van der Waals surface area contributed by atoms with Crippen LogP contribution in [-0.4, -0.2) is 38.7 Å². The quantitative estimate of drug-likeness (QED) is 0.871. The third kappa shape index (κ3) is 2.23. The molecule has 120 valence electrons. The first-order valence-electron chi connectivity index (χ1n) is 8.64. The summed E-state index contributed by atoms with van der Waals surface area (Å²) in [5, 5.41) is 7.34. The molecule has 0 aromatic carbocycles. The van der Waals surface area contributed by atoms with Gasteiger partial charge < -0.3 is 9.47 Å². The second-order valence-corrected chi connectivity index (χ2v) is 7.43. The van der Waals surface area contributed by atoms with Gasteiger partial charge in [-0.25, -0.2) is 0 Å². The summed E-state index contributed by atoms with van der Waals surface area (Å²) < 4.78 is 2.76. The number of amides is 1. The van der Waals surface area contributed by atoms with Crippen molar-refractivity contribution in [2.75, 3.05) is 13.1 Å².